The van der Waals surface area contributed by atoms with E-state index >= 15 is 0 Å². The molecule has 0 amide bonds. The van der Waals surface area contributed by atoms with Gasteiger partial charge in [-0.3, -0.25) is 0 Å². The SMILES string of the molecule is C1=CC2=C(CC1)Oc1cccc3c1B2c1cccc2c1N3c1cccc3c1B2c1ccccc1O3. The molecule has 0 saturated carbocycles. The standard InChI is InChI=1S/C30H19B2NO2/c1-3-14-24-18(8-1)31-20-10-5-11-21-30(20)33(22-12-6-16-26(34-24)28(22)31)23-13-7-17-27-29(23)32(21)19-9-2-4-15-25(19)35-27/h1-3,5-14,16-17H,4,15H2. The lowest BCUT2D eigenvalue weighted by Crippen LogP contribution is -2.64. The van der Waals surface area contributed by atoms with Gasteiger partial charge in [-0.25, -0.2) is 0 Å². The van der Waals surface area contributed by atoms with Gasteiger partial charge >= 0.3 is 0 Å². The summed E-state index contributed by atoms with van der Waals surface area (Å²) in [6, 6.07) is 28.4. The molecule has 1 aliphatic carbocycles. The highest BCUT2D eigenvalue weighted by atomic mass is 16.5. The lowest BCUT2D eigenvalue weighted by Gasteiger charge is -2.46. The molecule has 4 heterocycles. The van der Waals surface area contributed by atoms with Crippen molar-refractivity contribution in [3.63, 3.8) is 0 Å². The molecule has 3 nitrogen and oxygen atoms in total. The number of rotatable bonds is 0. The number of fused-ring (bicyclic) bond motifs is 7. The highest BCUT2D eigenvalue weighted by molar-refractivity contribution is 7.01. The molecule has 9 rings (SSSR count). The second kappa shape index (κ2) is 6.31. The Bertz CT molecular complexity index is 1690. The second-order valence-electron chi connectivity index (χ2n) is 9.93. The van der Waals surface area contributed by atoms with Crippen LogP contribution in [0, 0.1) is 0 Å². The Balaban J connectivity index is 1.42. The van der Waals surface area contributed by atoms with E-state index in [2.05, 4.69) is 95.9 Å². The number of allylic oxidation sites excluding steroid dienone is 4. The number of para-hydroxylation sites is 2. The van der Waals surface area contributed by atoms with Gasteiger partial charge in [0.25, 0.3) is 13.4 Å². The molecule has 0 bridgehead atoms. The van der Waals surface area contributed by atoms with Gasteiger partial charge in [-0.05, 0) is 69.5 Å². The van der Waals surface area contributed by atoms with Crippen molar-refractivity contribution in [2.75, 3.05) is 4.90 Å². The molecule has 4 aliphatic heterocycles. The van der Waals surface area contributed by atoms with Gasteiger partial charge in [0.2, 0.25) is 0 Å². The van der Waals surface area contributed by atoms with Crippen molar-refractivity contribution in [3.05, 3.63) is 102 Å². The average molecular weight is 447 g/mol. The fourth-order valence-corrected chi connectivity index (χ4v) is 6.94. The fourth-order valence-electron chi connectivity index (χ4n) is 6.94. The van der Waals surface area contributed by atoms with Crippen molar-refractivity contribution in [2.24, 2.45) is 0 Å². The van der Waals surface area contributed by atoms with Crippen LogP contribution in [0.5, 0.6) is 17.2 Å². The predicted molar refractivity (Wildman–Crippen MR) is 143 cm³/mol. The summed E-state index contributed by atoms with van der Waals surface area (Å²) in [4.78, 5) is 2.47. The molecule has 0 fully saturated rings. The maximum Gasteiger partial charge on any atom is 0.256 e. The summed E-state index contributed by atoms with van der Waals surface area (Å²) >= 11 is 0. The van der Waals surface area contributed by atoms with Gasteiger partial charge in [0.1, 0.15) is 17.2 Å². The van der Waals surface area contributed by atoms with E-state index in [4.69, 9.17) is 9.47 Å². The van der Waals surface area contributed by atoms with Gasteiger partial charge in [0, 0.05) is 23.5 Å². The number of nitrogens with zero attached hydrogens (tertiary/aromatic N) is 1. The summed E-state index contributed by atoms with van der Waals surface area (Å²) in [5.74, 6) is 4.03. The molecule has 0 spiro atoms. The van der Waals surface area contributed by atoms with Crippen molar-refractivity contribution in [3.8, 4) is 17.2 Å². The Morgan fingerprint density at radius 3 is 2.14 bits per heavy atom. The molecule has 0 atom stereocenters. The summed E-state index contributed by atoms with van der Waals surface area (Å²) in [6.45, 7) is 0.338. The van der Waals surface area contributed by atoms with E-state index in [-0.39, 0.29) is 13.4 Å². The van der Waals surface area contributed by atoms with E-state index in [0.29, 0.717) is 0 Å². The molecule has 5 aliphatic rings. The summed E-state index contributed by atoms with van der Waals surface area (Å²) in [7, 11) is 0. The molecule has 35 heavy (non-hydrogen) atoms. The van der Waals surface area contributed by atoms with E-state index in [0.717, 1.165) is 35.8 Å². The van der Waals surface area contributed by atoms with Crippen molar-refractivity contribution in [1.29, 1.82) is 0 Å². The van der Waals surface area contributed by atoms with Crippen molar-refractivity contribution < 1.29 is 9.47 Å². The van der Waals surface area contributed by atoms with Crippen LogP contribution in [0.25, 0.3) is 0 Å². The second-order valence-corrected chi connectivity index (χ2v) is 9.93. The summed E-state index contributed by atoms with van der Waals surface area (Å²) in [6.07, 6.45) is 6.60. The highest BCUT2D eigenvalue weighted by Gasteiger charge is 2.48. The maximum atomic E-state index is 6.53. The topological polar surface area (TPSA) is 21.7 Å². The molecular formula is C30H19B2NO2. The van der Waals surface area contributed by atoms with E-state index in [1.54, 1.807) is 0 Å². The largest absolute Gasteiger partial charge is 0.463 e. The van der Waals surface area contributed by atoms with Crippen LogP contribution in [0.4, 0.5) is 17.1 Å². The fraction of sp³-hybridized carbons (Fsp3) is 0.0667. The first-order valence-electron chi connectivity index (χ1n) is 12.4. The Kier molecular flexibility index (Phi) is 3.29. The van der Waals surface area contributed by atoms with E-state index < -0.39 is 0 Å². The first-order valence-corrected chi connectivity index (χ1v) is 12.4. The minimum Gasteiger partial charge on any atom is -0.463 e. The van der Waals surface area contributed by atoms with E-state index in [1.807, 2.05) is 0 Å². The van der Waals surface area contributed by atoms with Gasteiger partial charge in [-0.1, -0.05) is 60.7 Å². The zero-order valence-electron chi connectivity index (χ0n) is 19.0. The molecule has 0 saturated heterocycles. The van der Waals surface area contributed by atoms with Crippen molar-refractivity contribution in [1.82, 2.24) is 0 Å². The van der Waals surface area contributed by atoms with Gasteiger partial charge in [0.05, 0.1) is 5.76 Å². The van der Waals surface area contributed by atoms with Crippen LogP contribution in [0.2, 0.25) is 0 Å². The molecule has 162 valence electrons. The molecular weight excluding hydrogens is 428 g/mol. The molecule has 0 radical (unpaired) electrons. The summed E-state index contributed by atoms with van der Waals surface area (Å²) < 4.78 is 13.0. The molecule has 0 aromatic heterocycles. The third-order valence-corrected chi connectivity index (χ3v) is 8.24. The van der Waals surface area contributed by atoms with Crippen LogP contribution in [0.15, 0.2) is 102 Å². The molecule has 4 aromatic carbocycles. The van der Waals surface area contributed by atoms with Gasteiger partial charge in [-0.2, -0.15) is 0 Å². The molecule has 5 heteroatoms. The van der Waals surface area contributed by atoms with E-state index in [1.165, 1.54) is 49.8 Å². The number of benzene rings is 4. The minimum atomic E-state index is 0.150. The van der Waals surface area contributed by atoms with Crippen LogP contribution in [0.3, 0.4) is 0 Å². The quantitative estimate of drug-likeness (QED) is 0.333. The molecule has 0 unspecified atom stereocenters. The minimum absolute atomic E-state index is 0.150. The zero-order valence-corrected chi connectivity index (χ0v) is 19.0. The monoisotopic (exact) mass is 447 g/mol. The highest BCUT2D eigenvalue weighted by Crippen LogP contribution is 2.44. The Labute approximate surface area is 204 Å². The Hall–Kier alpha value is -4.11. The van der Waals surface area contributed by atoms with Crippen LogP contribution in [-0.2, 0) is 0 Å². The first-order chi connectivity index (χ1) is 17.4. The van der Waals surface area contributed by atoms with Crippen LogP contribution in [-0.4, -0.2) is 13.4 Å². The zero-order chi connectivity index (χ0) is 22.7. The van der Waals surface area contributed by atoms with Crippen molar-refractivity contribution >= 4 is 57.8 Å². The third kappa shape index (κ3) is 2.15. The maximum absolute atomic E-state index is 6.53. The van der Waals surface area contributed by atoms with Gasteiger partial charge in [-0.15, -0.1) is 0 Å². The number of hydrogen-bond donors (Lipinski definition) is 0. The van der Waals surface area contributed by atoms with Crippen LogP contribution >= 0.6 is 0 Å². The van der Waals surface area contributed by atoms with Crippen LogP contribution < -0.4 is 41.7 Å². The third-order valence-electron chi connectivity index (χ3n) is 8.24. The lowest BCUT2D eigenvalue weighted by molar-refractivity contribution is 0.400. The Morgan fingerprint density at radius 2 is 1.29 bits per heavy atom. The summed E-state index contributed by atoms with van der Waals surface area (Å²) in [5.41, 5.74) is 11.5. The first kappa shape index (κ1) is 18.2. The van der Waals surface area contributed by atoms with Gasteiger partial charge in [0.15, 0.2) is 0 Å². The number of hydrogen-bond acceptors (Lipinski definition) is 3. The Morgan fingerprint density at radius 1 is 0.629 bits per heavy atom. The normalized spacial score (nSPS) is 17.0. The lowest BCUT2D eigenvalue weighted by atomic mass is 9.29. The average Bonchev–Trinajstić information content (AvgIpc) is 2.91. The smallest absolute Gasteiger partial charge is 0.256 e. The number of anilines is 3. The molecule has 4 aromatic rings. The summed E-state index contributed by atoms with van der Waals surface area (Å²) in [5, 5.41) is 0. The molecule has 0 N–H and O–H groups in total. The number of ether oxygens (including phenoxy) is 2. The van der Waals surface area contributed by atoms with E-state index in [9.17, 15) is 0 Å². The predicted octanol–water partition coefficient (Wildman–Crippen LogP) is 3.55. The van der Waals surface area contributed by atoms with Crippen LogP contribution in [0.1, 0.15) is 12.8 Å². The van der Waals surface area contributed by atoms with Crippen molar-refractivity contribution in [2.45, 2.75) is 12.8 Å². The van der Waals surface area contributed by atoms with Gasteiger partial charge < -0.3 is 14.4 Å².